The molecule has 0 heterocycles. The zero-order chi connectivity index (χ0) is 14.5. The summed E-state index contributed by atoms with van der Waals surface area (Å²) in [6, 6.07) is 4.48. The molecule has 0 spiro atoms. The van der Waals surface area contributed by atoms with Crippen molar-refractivity contribution in [1.82, 2.24) is 5.32 Å². The van der Waals surface area contributed by atoms with Gasteiger partial charge in [-0.2, -0.15) is 13.2 Å². The van der Waals surface area contributed by atoms with Crippen LogP contribution in [0.25, 0.3) is 0 Å². The Hall–Kier alpha value is -1.57. The van der Waals surface area contributed by atoms with Gasteiger partial charge >= 0.3 is 6.18 Å². The molecule has 1 rings (SSSR count). The van der Waals surface area contributed by atoms with Crippen LogP contribution < -0.4 is 10.1 Å². The number of halogens is 4. The third-order valence-electron chi connectivity index (χ3n) is 1.94. The summed E-state index contributed by atoms with van der Waals surface area (Å²) in [5, 5.41) is 1.66. The number of ether oxygens (including phenoxy) is 1. The highest BCUT2D eigenvalue weighted by Crippen LogP contribution is 2.21. The molecule has 0 fully saturated rings. The number of nitrogens with one attached hydrogen (secondary N) is 1. The van der Waals surface area contributed by atoms with E-state index in [-0.39, 0.29) is 11.3 Å². The van der Waals surface area contributed by atoms with E-state index < -0.39 is 25.2 Å². The van der Waals surface area contributed by atoms with E-state index in [9.17, 15) is 22.8 Å². The van der Waals surface area contributed by atoms with Crippen LogP contribution in [0.15, 0.2) is 22.7 Å². The quantitative estimate of drug-likeness (QED) is 0.837. The Morgan fingerprint density at radius 1 is 1.42 bits per heavy atom. The fourth-order valence-electron chi connectivity index (χ4n) is 1.14. The molecule has 8 heteroatoms. The van der Waals surface area contributed by atoms with Crippen molar-refractivity contribution in [3.63, 3.8) is 0 Å². The molecule has 1 N–H and O–H groups in total. The second kappa shape index (κ2) is 6.55. The fourth-order valence-corrected chi connectivity index (χ4v) is 1.51. The van der Waals surface area contributed by atoms with E-state index in [0.29, 0.717) is 10.8 Å². The molecule has 1 aromatic rings. The maximum Gasteiger partial charge on any atom is 0.405 e. The predicted octanol–water partition coefficient (Wildman–Crippen LogP) is 2.32. The van der Waals surface area contributed by atoms with Crippen LogP contribution in [-0.2, 0) is 4.79 Å². The van der Waals surface area contributed by atoms with Gasteiger partial charge in [0, 0.05) is 4.47 Å². The van der Waals surface area contributed by atoms with E-state index in [1.807, 2.05) is 0 Å². The van der Waals surface area contributed by atoms with Gasteiger partial charge in [-0.15, -0.1) is 0 Å². The Balaban J connectivity index is 2.53. The fraction of sp³-hybridized carbons (Fsp3) is 0.273. The molecule has 0 saturated heterocycles. The summed E-state index contributed by atoms with van der Waals surface area (Å²) in [6.45, 7) is -2.02. The lowest BCUT2D eigenvalue weighted by Crippen LogP contribution is -2.36. The molecule has 1 aromatic carbocycles. The molecular weight excluding hydrogens is 331 g/mol. The smallest absolute Gasteiger partial charge is 0.405 e. The Morgan fingerprint density at radius 2 is 2.11 bits per heavy atom. The van der Waals surface area contributed by atoms with E-state index in [1.54, 1.807) is 11.4 Å². The number of alkyl halides is 3. The highest BCUT2D eigenvalue weighted by molar-refractivity contribution is 9.10. The Labute approximate surface area is 115 Å². The number of amides is 1. The molecule has 0 bridgehead atoms. The second-order valence-electron chi connectivity index (χ2n) is 3.48. The lowest BCUT2D eigenvalue weighted by Gasteiger charge is -2.10. The van der Waals surface area contributed by atoms with Crippen molar-refractivity contribution in [2.24, 2.45) is 0 Å². The number of hydrogen-bond donors (Lipinski definition) is 1. The van der Waals surface area contributed by atoms with Crippen molar-refractivity contribution in [2.75, 3.05) is 13.2 Å². The topological polar surface area (TPSA) is 55.4 Å². The summed E-state index contributed by atoms with van der Waals surface area (Å²) in [5.41, 5.74) is 0.193. The summed E-state index contributed by atoms with van der Waals surface area (Å²) >= 11 is 3.15. The van der Waals surface area contributed by atoms with E-state index >= 15 is 0 Å². The van der Waals surface area contributed by atoms with Gasteiger partial charge < -0.3 is 10.1 Å². The summed E-state index contributed by atoms with van der Waals surface area (Å²) in [6.07, 6.45) is -3.95. The number of aldehydes is 1. The SMILES string of the molecule is O=Cc1cc(Br)ccc1OCC(=O)NCC(F)(F)F. The second-order valence-corrected chi connectivity index (χ2v) is 4.40. The third kappa shape index (κ3) is 5.73. The lowest BCUT2D eigenvalue weighted by atomic mass is 10.2. The third-order valence-corrected chi connectivity index (χ3v) is 2.44. The first-order valence-corrected chi connectivity index (χ1v) is 5.82. The number of carbonyl (C=O) groups is 2. The van der Waals surface area contributed by atoms with Crippen LogP contribution in [0, 0.1) is 0 Å². The molecule has 0 atom stereocenters. The first kappa shape index (κ1) is 15.5. The van der Waals surface area contributed by atoms with Crippen LogP contribution in [0.2, 0.25) is 0 Å². The molecule has 0 aliphatic rings. The summed E-state index contributed by atoms with van der Waals surface area (Å²) in [7, 11) is 0. The molecule has 0 aliphatic carbocycles. The Kier molecular flexibility index (Phi) is 5.34. The zero-order valence-electron chi connectivity index (χ0n) is 9.46. The van der Waals surface area contributed by atoms with Crippen LogP contribution in [0.4, 0.5) is 13.2 Å². The van der Waals surface area contributed by atoms with Gasteiger partial charge in [-0.25, -0.2) is 0 Å². The molecular formula is C11H9BrF3NO3. The molecule has 19 heavy (non-hydrogen) atoms. The van der Waals surface area contributed by atoms with Crippen LogP contribution >= 0.6 is 15.9 Å². The summed E-state index contributed by atoms with van der Waals surface area (Å²) in [5.74, 6) is -0.794. The van der Waals surface area contributed by atoms with E-state index in [2.05, 4.69) is 15.9 Å². The van der Waals surface area contributed by atoms with E-state index in [0.717, 1.165) is 0 Å². The van der Waals surface area contributed by atoms with Gasteiger partial charge in [0.1, 0.15) is 12.3 Å². The number of carbonyl (C=O) groups excluding carboxylic acids is 2. The average Bonchev–Trinajstić information content (AvgIpc) is 2.33. The first-order chi connectivity index (χ1) is 8.81. The molecule has 0 radical (unpaired) electrons. The molecule has 0 saturated carbocycles. The Morgan fingerprint density at radius 3 is 2.68 bits per heavy atom. The monoisotopic (exact) mass is 339 g/mol. The Bertz CT molecular complexity index is 477. The van der Waals surface area contributed by atoms with Crippen LogP contribution in [0.1, 0.15) is 10.4 Å². The van der Waals surface area contributed by atoms with Crippen molar-refractivity contribution in [3.8, 4) is 5.75 Å². The van der Waals surface area contributed by atoms with Gasteiger partial charge in [0.2, 0.25) is 0 Å². The lowest BCUT2D eigenvalue weighted by molar-refractivity contribution is -0.139. The maximum atomic E-state index is 11.8. The molecule has 0 aliphatic heterocycles. The van der Waals surface area contributed by atoms with Gasteiger partial charge in [0.15, 0.2) is 12.9 Å². The van der Waals surface area contributed by atoms with Gasteiger partial charge in [0.25, 0.3) is 5.91 Å². The van der Waals surface area contributed by atoms with Crippen molar-refractivity contribution in [3.05, 3.63) is 28.2 Å². The van der Waals surface area contributed by atoms with E-state index in [4.69, 9.17) is 4.74 Å². The van der Waals surface area contributed by atoms with Gasteiger partial charge in [-0.1, -0.05) is 15.9 Å². The molecule has 104 valence electrons. The van der Waals surface area contributed by atoms with Crippen LogP contribution in [0.5, 0.6) is 5.75 Å². The minimum atomic E-state index is -4.47. The zero-order valence-corrected chi connectivity index (χ0v) is 11.0. The average molecular weight is 340 g/mol. The van der Waals surface area contributed by atoms with Crippen molar-refractivity contribution >= 4 is 28.1 Å². The molecule has 0 unspecified atom stereocenters. The molecule has 4 nitrogen and oxygen atoms in total. The first-order valence-electron chi connectivity index (χ1n) is 5.03. The van der Waals surface area contributed by atoms with Crippen LogP contribution in [-0.4, -0.2) is 31.5 Å². The number of benzene rings is 1. The molecule has 0 aromatic heterocycles. The largest absolute Gasteiger partial charge is 0.483 e. The predicted molar refractivity (Wildman–Crippen MR) is 64.1 cm³/mol. The highest BCUT2D eigenvalue weighted by atomic mass is 79.9. The van der Waals surface area contributed by atoms with Crippen molar-refractivity contribution in [2.45, 2.75) is 6.18 Å². The minimum Gasteiger partial charge on any atom is -0.483 e. The van der Waals surface area contributed by atoms with Gasteiger partial charge in [0.05, 0.1) is 5.56 Å². The number of rotatable bonds is 5. The standard InChI is InChI=1S/C11H9BrF3NO3/c12-8-1-2-9(7(3-8)4-17)19-5-10(18)16-6-11(13,14)15/h1-4H,5-6H2,(H,16,18). The highest BCUT2D eigenvalue weighted by Gasteiger charge is 2.27. The normalized spacial score (nSPS) is 10.9. The molecule has 1 amide bonds. The van der Waals surface area contributed by atoms with Crippen molar-refractivity contribution < 1.29 is 27.5 Å². The summed E-state index contributed by atoms with van der Waals surface area (Å²) in [4.78, 5) is 21.8. The maximum absolute atomic E-state index is 11.8. The van der Waals surface area contributed by atoms with Crippen molar-refractivity contribution in [1.29, 1.82) is 0 Å². The van der Waals surface area contributed by atoms with Gasteiger partial charge in [-0.3, -0.25) is 9.59 Å². The van der Waals surface area contributed by atoms with Crippen LogP contribution in [0.3, 0.4) is 0 Å². The van der Waals surface area contributed by atoms with E-state index in [1.165, 1.54) is 12.1 Å². The minimum absolute atomic E-state index is 0.125. The summed E-state index contributed by atoms with van der Waals surface area (Å²) < 4.78 is 41.1. The van der Waals surface area contributed by atoms with Gasteiger partial charge in [-0.05, 0) is 18.2 Å². The number of hydrogen-bond acceptors (Lipinski definition) is 3.